The molecule has 1 atom stereocenters. The maximum Gasteiger partial charge on any atom is 0.247 e. The molecule has 1 aliphatic carbocycles. The number of benzene rings is 1. The molecule has 1 saturated carbocycles. The number of morpholine rings is 1. The number of halogens is 1. The molecule has 12 heteroatoms. The van der Waals surface area contributed by atoms with E-state index in [1.165, 1.54) is 10.7 Å². The summed E-state index contributed by atoms with van der Waals surface area (Å²) in [4.78, 5) is 8.80. The van der Waals surface area contributed by atoms with Crippen molar-refractivity contribution in [2.75, 3.05) is 37.0 Å². The van der Waals surface area contributed by atoms with Crippen LogP contribution in [0.3, 0.4) is 0 Å². The Morgan fingerprint density at radius 3 is 2.91 bits per heavy atom. The van der Waals surface area contributed by atoms with E-state index >= 15 is 0 Å². The molecule has 0 spiro atoms. The van der Waals surface area contributed by atoms with Crippen molar-refractivity contribution in [3.63, 3.8) is 0 Å². The quantitative estimate of drug-likeness (QED) is 0.474. The van der Waals surface area contributed by atoms with Crippen LogP contribution in [0.15, 0.2) is 18.3 Å². The fraction of sp³-hybridized carbons (Fsp3) is 0.381. The van der Waals surface area contributed by atoms with E-state index in [2.05, 4.69) is 43.2 Å². The molecule has 1 saturated heterocycles. The first kappa shape index (κ1) is 21.2. The number of hydrogen-bond donors (Lipinski definition) is 3. The summed E-state index contributed by atoms with van der Waals surface area (Å²) in [6, 6.07) is 7.73. The maximum atomic E-state index is 9.49. The summed E-state index contributed by atoms with van der Waals surface area (Å²) in [5.41, 5.74) is 1.51. The van der Waals surface area contributed by atoms with Gasteiger partial charge in [-0.2, -0.15) is 20.0 Å². The lowest BCUT2D eigenvalue weighted by atomic mass is 10.2. The maximum absolute atomic E-state index is 9.49. The molecule has 1 aliphatic heterocycles. The molecule has 0 bridgehead atoms. The van der Waals surface area contributed by atoms with Crippen molar-refractivity contribution in [2.24, 2.45) is 0 Å². The topological polar surface area (TPSA) is 145 Å². The number of rotatable bonds is 7. The Labute approximate surface area is 194 Å². The lowest BCUT2D eigenvalue weighted by molar-refractivity contribution is 0.0593. The highest BCUT2D eigenvalue weighted by Crippen LogP contribution is 2.35. The van der Waals surface area contributed by atoms with Crippen LogP contribution in [0.1, 0.15) is 24.1 Å². The van der Waals surface area contributed by atoms with Crippen molar-refractivity contribution in [1.29, 1.82) is 10.5 Å². The molecule has 3 aromatic rings. The van der Waals surface area contributed by atoms with Gasteiger partial charge in [0.1, 0.15) is 23.4 Å². The number of nitrogens with zero attached hydrogens (tertiary/aromatic N) is 6. The van der Waals surface area contributed by atoms with E-state index in [1.54, 1.807) is 12.1 Å². The SMILES string of the molecule is N#Cc1cc(Nc2nc(NC3CC3)c3ncc(C#N)n3n2)c(Cl)c(OCC2COCCN2)c1. The Hall–Kier alpha value is -3.64. The van der Waals surface area contributed by atoms with E-state index in [-0.39, 0.29) is 22.7 Å². The molecule has 5 rings (SSSR count). The van der Waals surface area contributed by atoms with E-state index < -0.39 is 0 Å². The molecule has 168 valence electrons. The Kier molecular flexibility index (Phi) is 5.84. The molecule has 11 nitrogen and oxygen atoms in total. The molecule has 2 fully saturated rings. The molecule has 3 N–H and O–H groups in total. The van der Waals surface area contributed by atoms with Crippen LogP contribution >= 0.6 is 11.6 Å². The van der Waals surface area contributed by atoms with Crippen LogP contribution in [-0.2, 0) is 4.74 Å². The highest BCUT2D eigenvalue weighted by Gasteiger charge is 2.24. The molecule has 0 radical (unpaired) electrons. The molecule has 33 heavy (non-hydrogen) atoms. The van der Waals surface area contributed by atoms with Crippen LogP contribution in [0.25, 0.3) is 5.65 Å². The van der Waals surface area contributed by atoms with Crippen LogP contribution in [0.5, 0.6) is 5.75 Å². The van der Waals surface area contributed by atoms with Gasteiger partial charge in [-0.25, -0.2) is 4.98 Å². The fourth-order valence-electron chi connectivity index (χ4n) is 3.42. The largest absolute Gasteiger partial charge is 0.490 e. The molecular weight excluding hydrogens is 446 g/mol. The Balaban J connectivity index is 1.45. The van der Waals surface area contributed by atoms with Gasteiger partial charge < -0.3 is 25.4 Å². The van der Waals surface area contributed by atoms with Crippen LogP contribution in [0.2, 0.25) is 5.02 Å². The van der Waals surface area contributed by atoms with Gasteiger partial charge in [0, 0.05) is 12.6 Å². The van der Waals surface area contributed by atoms with Crippen molar-refractivity contribution in [3.8, 4) is 17.9 Å². The minimum atomic E-state index is 0.0319. The van der Waals surface area contributed by atoms with Crippen molar-refractivity contribution in [3.05, 3.63) is 34.6 Å². The summed E-state index contributed by atoms with van der Waals surface area (Å²) in [6.45, 7) is 2.30. The average molecular weight is 466 g/mol. The zero-order chi connectivity index (χ0) is 22.8. The highest BCUT2D eigenvalue weighted by molar-refractivity contribution is 6.34. The average Bonchev–Trinajstić information content (AvgIpc) is 3.56. The molecular formula is C21H20ClN9O2. The van der Waals surface area contributed by atoms with Gasteiger partial charge in [-0.1, -0.05) is 11.6 Å². The Morgan fingerprint density at radius 1 is 1.30 bits per heavy atom. The second-order valence-electron chi connectivity index (χ2n) is 7.80. The number of ether oxygens (including phenoxy) is 2. The summed E-state index contributed by atoms with van der Waals surface area (Å²) in [5.74, 6) is 1.08. The van der Waals surface area contributed by atoms with Crippen molar-refractivity contribution >= 4 is 34.7 Å². The predicted molar refractivity (Wildman–Crippen MR) is 120 cm³/mol. The number of anilines is 3. The third-order valence-corrected chi connectivity index (χ3v) is 5.64. The van der Waals surface area contributed by atoms with Crippen LogP contribution in [0.4, 0.5) is 17.5 Å². The molecule has 3 heterocycles. The zero-order valence-electron chi connectivity index (χ0n) is 17.5. The Morgan fingerprint density at radius 2 is 2.18 bits per heavy atom. The predicted octanol–water partition coefficient (Wildman–Crippen LogP) is 2.21. The minimum absolute atomic E-state index is 0.0319. The van der Waals surface area contributed by atoms with Crippen LogP contribution in [-0.4, -0.2) is 58.0 Å². The van der Waals surface area contributed by atoms with Gasteiger partial charge in [-0.15, -0.1) is 5.10 Å². The number of aromatic nitrogens is 4. The van der Waals surface area contributed by atoms with E-state index in [0.717, 1.165) is 19.4 Å². The van der Waals surface area contributed by atoms with Gasteiger partial charge in [0.25, 0.3) is 0 Å². The molecule has 1 aromatic carbocycles. The number of nitriles is 2. The van der Waals surface area contributed by atoms with E-state index in [1.807, 2.05) is 0 Å². The number of imidazole rings is 1. The van der Waals surface area contributed by atoms with Gasteiger partial charge in [-0.05, 0) is 25.0 Å². The fourth-order valence-corrected chi connectivity index (χ4v) is 3.64. The summed E-state index contributed by atoms with van der Waals surface area (Å²) < 4.78 is 12.8. The lowest BCUT2D eigenvalue weighted by Crippen LogP contribution is -2.44. The first-order valence-electron chi connectivity index (χ1n) is 10.5. The van der Waals surface area contributed by atoms with Gasteiger partial charge in [0.05, 0.1) is 42.8 Å². The van der Waals surface area contributed by atoms with Crippen molar-refractivity contribution in [1.82, 2.24) is 24.9 Å². The van der Waals surface area contributed by atoms with Crippen LogP contribution < -0.4 is 20.7 Å². The van der Waals surface area contributed by atoms with E-state index in [4.69, 9.17) is 21.1 Å². The first-order chi connectivity index (χ1) is 16.1. The Bertz CT molecular complexity index is 1270. The van der Waals surface area contributed by atoms with Crippen LogP contribution in [0, 0.1) is 22.7 Å². The number of hydrogen-bond acceptors (Lipinski definition) is 10. The summed E-state index contributed by atoms with van der Waals surface area (Å²) >= 11 is 6.60. The standard InChI is InChI=1S/C21H20ClN9O2/c22-18-16(5-12(7-23)6-17(18)33-11-14-10-32-4-3-25-14)28-21-29-19(27-13-1-2-13)20-26-9-15(8-24)31(20)30-21/h5-6,9,13-14,25H,1-4,10-11H2,(H2,27,28,29,30). The summed E-state index contributed by atoms with van der Waals surface area (Å²) in [5, 5.41) is 33.3. The monoisotopic (exact) mass is 465 g/mol. The molecule has 1 unspecified atom stereocenters. The minimum Gasteiger partial charge on any atom is -0.490 e. The van der Waals surface area contributed by atoms with Gasteiger partial charge in [0.15, 0.2) is 17.2 Å². The van der Waals surface area contributed by atoms with E-state index in [0.29, 0.717) is 54.3 Å². The lowest BCUT2D eigenvalue weighted by Gasteiger charge is -2.24. The van der Waals surface area contributed by atoms with Crippen molar-refractivity contribution in [2.45, 2.75) is 24.9 Å². The third kappa shape index (κ3) is 4.61. The summed E-state index contributed by atoms with van der Waals surface area (Å²) in [6.07, 6.45) is 3.54. The number of fused-ring (bicyclic) bond motifs is 1. The summed E-state index contributed by atoms with van der Waals surface area (Å²) in [7, 11) is 0. The second-order valence-corrected chi connectivity index (χ2v) is 8.18. The molecule has 0 amide bonds. The van der Waals surface area contributed by atoms with Gasteiger partial charge >= 0.3 is 0 Å². The normalized spacial score (nSPS) is 17.8. The first-order valence-corrected chi connectivity index (χ1v) is 10.9. The van der Waals surface area contributed by atoms with Gasteiger partial charge in [-0.3, -0.25) is 0 Å². The zero-order valence-corrected chi connectivity index (χ0v) is 18.3. The second kappa shape index (κ2) is 9.08. The molecule has 2 aromatic heterocycles. The van der Waals surface area contributed by atoms with Crippen molar-refractivity contribution < 1.29 is 9.47 Å². The van der Waals surface area contributed by atoms with E-state index in [9.17, 15) is 10.5 Å². The smallest absolute Gasteiger partial charge is 0.247 e. The highest BCUT2D eigenvalue weighted by atomic mass is 35.5. The number of nitrogens with one attached hydrogen (secondary N) is 3. The third-order valence-electron chi connectivity index (χ3n) is 5.25. The van der Waals surface area contributed by atoms with Gasteiger partial charge in [0.2, 0.25) is 5.95 Å². The molecule has 2 aliphatic rings.